The number of nitrogens with one attached hydrogen (secondary N) is 1. The molecule has 0 spiro atoms. The summed E-state index contributed by atoms with van der Waals surface area (Å²) in [7, 11) is 0. The zero-order valence-electron chi connectivity index (χ0n) is 20.3. The number of imide groups is 1. The summed E-state index contributed by atoms with van der Waals surface area (Å²) in [5.41, 5.74) is 4.68. The van der Waals surface area contributed by atoms with Gasteiger partial charge in [0.25, 0.3) is 11.8 Å². The van der Waals surface area contributed by atoms with Gasteiger partial charge in [0.05, 0.1) is 23.3 Å². The summed E-state index contributed by atoms with van der Waals surface area (Å²) in [5, 5.41) is 6.68. The second-order valence-electron chi connectivity index (χ2n) is 9.85. The van der Waals surface area contributed by atoms with Gasteiger partial charge in [-0.25, -0.2) is 0 Å². The van der Waals surface area contributed by atoms with Crippen LogP contribution >= 0.6 is 0 Å². The van der Waals surface area contributed by atoms with Crippen LogP contribution in [0.4, 0.5) is 0 Å². The number of carbonyl (C=O) groups is 2. The summed E-state index contributed by atoms with van der Waals surface area (Å²) >= 11 is 0. The molecule has 1 atom stereocenters. The Morgan fingerprint density at radius 1 is 0.865 bits per heavy atom. The van der Waals surface area contributed by atoms with Crippen molar-refractivity contribution in [3.8, 4) is 0 Å². The number of nitrogens with zero attached hydrogens (tertiary/aromatic N) is 1. The highest BCUT2D eigenvalue weighted by atomic mass is 16.7. The lowest BCUT2D eigenvalue weighted by atomic mass is 9.97. The number of benzene rings is 4. The van der Waals surface area contributed by atoms with E-state index in [-0.39, 0.29) is 24.7 Å². The van der Waals surface area contributed by atoms with Crippen LogP contribution in [0.1, 0.15) is 51.1 Å². The maximum Gasteiger partial charge on any atom is 0.259 e. The highest BCUT2D eigenvalue weighted by Gasteiger charge is 2.34. The van der Waals surface area contributed by atoms with Crippen LogP contribution in [0.3, 0.4) is 0 Å². The first-order valence-electron chi connectivity index (χ1n) is 12.8. The molecule has 3 heterocycles. The lowest BCUT2D eigenvalue weighted by molar-refractivity contribution is -0.168. The minimum absolute atomic E-state index is 0.209. The van der Waals surface area contributed by atoms with Crippen molar-refractivity contribution in [2.45, 2.75) is 38.7 Å². The molecule has 184 valence electrons. The Bertz CT molecular complexity index is 1710. The third kappa shape index (κ3) is 3.72. The monoisotopic (exact) mass is 490 g/mol. The van der Waals surface area contributed by atoms with Gasteiger partial charge in [0, 0.05) is 29.4 Å². The summed E-state index contributed by atoms with van der Waals surface area (Å²) in [6.45, 7) is 1.52. The average molecular weight is 491 g/mol. The van der Waals surface area contributed by atoms with E-state index in [1.807, 2.05) is 36.4 Å². The topological polar surface area (TPSA) is 69.6 Å². The Kier molecular flexibility index (Phi) is 5.30. The standard InChI is InChI=1S/C31H26N2O4/c34-30-27-22(18-37-26-11-5-6-14-36-26)16-25-28(29(27)31(35)32-30)23-9-3-4-10-24(23)33(25)17-19-12-13-20-7-1-2-8-21(20)15-19/h1-4,7-10,12-13,15-16,26H,5-6,11,14,17-18H2,(H,32,34,35). The van der Waals surface area contributed by atoms with Crippen molar-refractivity contribution >= 4 is 44.4 Å². The summed E-state index contributed by atoms with van der Waals surface area (Å²) in [6, 6.07) is 24.9. The second-order valence-corrected chi connectivity index (χ2v) is 9.85. The number of fused-ring (bicyclic) bond motifs is 6. The predicted octanol–water partition coefficient (Wildman–Crippen LogP) is 5.92. The van der Waals surface area contributed by atoms with Gasteiger partial charge < -0.3 is 14.0 Å². The van der Waals surface area contributed by atoms with Crippen molar-refractivity contribution < 1.29 is 19.1 Å². The van der Waals surface area contributed by atoms with E-state index in [0.717, 1.165) is 46.6 Å². The van der Waals surface area contributed by atoms with E-state index in [0.29, 0.717) is 29.8 Å². The van der Waals surface area contributed by atoms with Crippen LogP contribution in [-0.4, -0.2) is 29.3 Å². The molecule has 0 saturated carbocycles. The molecule has 7 rings (SSSR count). The normalized spacial score (nSPS) is 17.6. The van der Waals surface area contributed by atoms with E-state index in [4.69, 9.17) is 9.47 Å². The Balaban J connectivity index is 1.40. The number of hydrogen-bond acceptors (Lipinski definition) is 4. The number of ether oxygens (including phenoxy) is 2. The van der Waals surface area contributed by atoms with Gasteiger partial charge in [-0.2, -0.15) is 0 Å². The fourth-order valence-corrected chi connectivity index (χ4v) is 5.80. The first-order valence-corrected chi connectivity index (χ1v) is 12.8. The lowest BCUT2D eigenvalue weighted by Crippen LogP contribution is -2.23. The highest BCUT2D eigenvalue weighted by molar-refractivity contribution is 6.30. The molecule has 2 aliphatic heterocycles. The molecule has 4 aromatic carbocycles. The van der Waals surface area contributed by atoms with E-state index in [1.54, 1.807) is 0 Å². The molecule has 37 heavy (non-hydrogen) atoms. The smallest absolute Gasteiger partial charge is 0.259 e. The minimum atomic E-state index is -0.364. The first kappa shape index (κ1) is 22.2. The molecule has 5 aromatic rings. The number of para-hydroxylation sites is 1. The molecule has 1 unspecified atom stereocenters. The Morgan fingerprint density at radius 3 is 2.54 bits per heavy atom. The minimum Gasteiger partial charge on any atom is -0.353 e. The zero-order valence-corrected chi connectivity index (χ0v) is 20.3. The van der Waals surface area contributed by atoms with Gasteiger partial charge in [-0.05, 0) is 59.4 Å². The Hall–Kier alpha value is -4.00. The van der Waals surface area contributed by atoms with Crippen molar-refractivity contribution in [1.29, 1.82) is 0 Å². The van der Waals surface area contributed by atoms with Gasteiger partial charge in [0.15, 0.2) is 6.29 Å². The Labute approximate surface area is 213 Å². The molecule has 6 heteroatoms. The van der Waals surface area contributed by atoms with Crippen molar-refractivity contribution in [1.82, 2.24) is 9.88 Å². The van der Waals surface area contributed by atoms with Crippen LogP contribution in [0.5, 0.6) is 0 Å². The average Bonchev–Trinajstić information content (AvgIpc) is 3.41. The van der Waals surface area contributed by atoms with E-state index in [9.17, 15) is 9.59 Å². The third-order valence-corrected chi connectivity index (χ3v) is 7.54. The summed E-state index contributed by atoms with van der Waals surface area (Å²) in [4.78, 5) is 26.0. The zero-order chi connectivity index (χ0) is 24.9. The van der Waals surface area contributed by atoms with Crippen molar-refractivity contribution in [2.75, 3.05) is 6.61 Å². The number of amides is 2. The molecule has 1 N–H and O–H groups in total. The largest absolute Gasteiger partial charge is 0.353 e. The Morgan fingerprint density at radius 2 is 1.68 bits per heavy atom. The van der Waals surface area contributed by atoms with Gasteiger partial charge in [0.1, 0.15) is 0 Å². The summed E-state index contributed by atoms with van der Waals surface area (Å²) < 4.78 is 14.1. The fourth-order valence-electron chi connectivity index (χ4n) is 5.80. The number of carbonyl (C=O) groups excluding carboxylic acids is 2. The van der Waals surface area contributed by atoms with Gasteiger partial charge in [-0.1, -0.05) is 54.6 Å². The van der Waals surface area contributed by atoms with Crippen molar-refractivity contribution in [3.63, 3.8) is 0 Å². The number of rotatable bonds is 5. The molecule has 1 fully saturated rings. The molecule has 1 saturated heterocycles. The molecular weight excluding hydrogens is 464 g/mol. The van der Waals surface area contributed by atoms with Crippen LogP contribution in [0.15, 0.2) is 72.8 Å². The molecule has 1 aromatic heterocycles. The summed E-state index contributed by atoms with van der Waals surface area (Å²) in [6.07, 6.45) is 2.63. The fraction of sp³-hybridized carbons (Fsp3) is 0.226. The van der Waals surface area contributed by atoms with E-state index >= 15 is 0 Å². The molecule has 6 nitrogen and oxygen atoms in total. The molecule has 2 aliphatic rings. The maximum atomic E-state index is 13.1. The molecule has 0 bridgehead atoms. The molecular formula is C31H26N2O4. The molecule has 2 amide bonds. The van der Waals surface area contributed by atoms with E-state index < -0.39 is 0 Å². The SMILES string of the molecule is O=C1NC(=O)c2c1c(COC1CCCCO1)cc1c2c2ccccc2n1Cc1ccc2ccccc2c1. The third-order valence-electron chi connectivity index (χ3n) is 7.54. The van der Waals surface area contributed by atoms with Gasteiger partial charge in [-0.3, -0.25) is 14.9 Å². The first-order chi connectivity index (χ1) is 18.2. The number of aromatic nitrogens is 1. The van der Waals surface area contributed by atoms with E-state index in [1.165, 1.54) is 10.8 Å². The number of hydrogen-bond donors (Lipinski definition) is 1. The molecule has 0 radical (unpaired) electrons. The van der Waals surface area contributed by atoms with Crippen LogP contribution < -0.4 is 5.32 Å². The van der Waals surface area contributed by atoms with Gasteiger partial charge in [-0.15, -0.1) is 0 Å². The lowest BCUT2D eigenvalue weighted by Gasteiger charge is -2.23. The van der Waals surface area contributed by atoms with Crippen LogP contribution in [-0.2, 0) is 22.6 Å². The van der Waals surface area contributed by atoms with Crippen LogP contribution in [0.25, 0.3) is 32.6 Å². The highest BCUT2D eigenvalue weighted by Crippen LogP contribution is 2.38. The quantitative estimate of drug-likeness (QED) is 0.311. The van der Waals surface area contributed by atoms with Gasteiger partial charge in [0.2, 0.25) is 0 Å². The van der Waals surface area contributed by atoms with Crippen LogP contribution in [0.2, 0.25) is 0 Å². The molecule has 0 aliphatic carbocycles. The van der Waals surface area contributed by atoms with Crippen LogP contribution in [0, 0.1) is 0 Å². The maximum absolute atomic E-state index is 13.1. The second kappa shape index (κ2) is 8.83. The summed E-state index contributed by atoms with van der Waals surface area (Å²) in [5.74, 6) is -0.717. The predicted molar refractivity (Wildman–Crippen MR) is 143 cm³/mol. The van der Waals surface area contributed by atoms with Crippen molar-refractivity contribution in [2.24, 2.45) is 0 Å². The van der Waals surface area contributed by atoms with E-state index in [2.05, 4.69) is 46.3 Å². The van der Waals surface area contributed by atoms with Gasteiger partial charge >= 0.3 is 0 Å². The van der Waals surface area contributed by atoms with Crippen molar-refractivity contribution in [3.05, 3.63) is 95.1 Å².